The van der Waals surface area contributed by atoms with Crippen LogP contribution in [0, 0.1) is 30.1 Å². The molecule has 54 heavy (non-hydrogen) atoms. The molecule has 0 radical (unpaired) electrons. The highest BCUT2D eigenvalue weighted by Crippen LogP contribution is 2.38. The van der Waals surface area contributed by atoms with E-state index in [1.54, 1.807) is 42.8 Å². The lowest BCUT2D eigenvalue weighted by atomic mass is 9.86. The molecule has 4 aromatic heterocycles. The number of aryl methyl sites for hydroxylation is 1. The Bertz CT molecular complexity index is 2440. The number of pyridine rings is 2. The number of carbonyl (C=O) groups is 1. The van der Waals surface area contributed by atoms with Gasteiger partial charge in [0.1, 0.15) is 23.3 Å². The van der Waals surface area contributed by atoms with Crippen LogP contribution in [0.5, 0.6) is 0 Å². The monoisotopic (exact) mass is 775 g/mol. The number of aromatic nitrogens is 4. The maximum atomic E-state index is 14.1. The van der Waals surface area contributed by atoms with Crippen LogP contribution in [0.15, 0.2) is 46.8 Å². The second kappa shape index (κ2) is 15.0. The summed E-state index contributed by atoms with van der Waals surface area (Å²) in [5.41, 5.74) is 2.49. The number of ether oxygens (including phenoxy) is 1. The molecule has 0 atom stereocenters. The van der Waals surface area contributed by atoms with E-state index in [9.17, 15) is 33.1 Å². The summed E-state index contributed by atoms with van der Waals surface area (Å²) in [4.78, 5) is 43.6. The topological polar surface area (TPSA) is 137 Å². The number of nitriles is 1. The molecule has 1 aromatic carbocycles. The third-order valence-electron chi connectivity index (χ3n) is 10.1. The van der Waals surface area contributed by atoms with E-state index >= 15 is 0 Å². The molecule has 11 nitrogen and oxygen atoms in total. The fourth-order valence-corrected chi connectivity index (χ4v) is 8.64. The molecule has 0 amide bonds. The van der Waals surface area contributed by atoms with Crippen LogP contribution >= 0.6 is 22.9 Å². The number of halogens is 4. The highest BCUT2D eigenvalue weighted by molar-refractivity contribution is 7.18. The molecule has 16 heteroatoms. The van der Waals surface area contributed by atoms with Gasteiger partial charge in [0, 0.05) is 65.0 Å². The molecule has 0 unspecified atom stereocenters. The SMILES string of the molecule is CCN(c1ncc2nc(C)n(CC#Cc3ccc(Cl)cc3-c3ccnc4c(C(=O)O)csc34)c(=O)c2c1C#N)C1CCN(C2CC(OC(F)(F)F)C2)CC1. The van der Waals surface area contributed by atoms with Crippen LogP contribution in [0.1, 0.15) is 59.9 Å². The van der Waals surface area contributed by atoms with E-state index in [1.165, 1.54) is 22.1 Å². The summed E-state index contributed by atoms with van der Waals surface area (Å²) in [6, 6.07) is 9.27. The van der Waals surface area contributed by atoms with Crippen molar-refractivity contribution in [3.8, 4) is 29.0 Å². The zero-order valence-electron chi connectivity index (χ0n) is 29.2. The van der Waals surface area contributed by atoms with Gasteiger partial charge in [0.15, 0.2) is 0 Å². The highest BCUT2D eigenvalue weighted by atomic mass is 35.5. The van der Waals surface area contributed by atoms with Crippen LogP contribution in [0.4, 0.5) is 19.0 Å². The first-order valence-corrected chi connectivity index (χ1v) is 18.6. The molecule has 2 aliphatic rings. The van der Waals surface area contributed by atoms with E-state index in [0.29, 0.717) is 76.0 Å². The van der Waals surface area contributed by atoms with Gasteiger partial charge in [0.25, 0.3) is 5.56 Å². The van der Waals surface area contributed by atoms with E-state index in [-0.39, 0.29) is 35.1 Å². The summed E-state index contributed by atoms with van der Waals surface area (Å²) in [7, 11) is 0. The average Bonchev–Trinajstić information content (AvgIpc) is 3.57. The molecular formula is C38H33ClF3N7O4S. The van der Waals surface area contributed by atoms with Crippen molar-refractivity contribution in [2.45, 2.75) is 70.6 Å². The second-order valence-electron chi connectivity index (χ2n) is 13.2. The van der Waals surface area contributed by atoms with Gasteiger partial charge >= 0.3 is 12.3 Å². The van der Waals surface area contributed by atoms with Gasteiger partial charge in [0.2, 0.25) is 0 Å². The first kappa shape index (κ1) is 37.3. The second-order valence-corrected chi connectivity index (χ2v) is 14.5. The predicted molar refractivity (Wildman–Crippen MR) is 199 cm³/mol. The summed E-state index contributed by atoms with van der Waals surface area (Å²) in [6.07, 6.45) is -0.252. The van der Waals surface area contributed by atoms with Gasteiger partial charge in [-0.3, -0.25) is 19.1 Å². The van der Waals surface area contributed by atoms with Crippen molar-refractivity contribution in [3.63, 3.8) is 0 Å². The predicted octanol–water partition coefficient (Wildman–Crippen LogP) is 7.01. The highest BCUT2D eigenvalue weighted by Gasteiger charge is 2.43. The number of thiophene rings is 1. The van der Waals surface area contributed by atoms with Gasteiger partial charge < -0.3 is 14.9 Å². The molecule has 1 aliphatic heterocycles. The average molecular weight is 776 g/mol. The Morgan fingerprint density at radius 1 is 1.19 bits per heavy atom. The smallest absolute Gasteiger partial charge is 0.478 e. The van der Waals surface area contributed by atoms with Crippen molar-refractivity contribution in [1.29, 1.82) is 5.26 Å². The van der Waals surface area contributed by atoms with Crippen molar-refractivity contribution < 1.29 is 27.8 Å². The lowest BCUT2D eigenvalue weighted by Crippen LogP contribution is -2.54. The minimum atomic E-state index is -4.63. The standard InChI is InChI=1S/C38H33ClF3N7O4S/c1-3-48(24-9-13-47(14-10-24)25-16-26(17-25)53-38(40,41)42)35-29(18-43)32-31(19-45-35)46-21(2)49(36(32)50)12-4-5-22-6-7-23(39)15-28(22)27-8-11-44-33-30(37(51)52)20-54-34(27)33/h6-8,11,15,19-20,24-26H,3,9-10,12-14,16-17H2,1-2H3,(H,51,52). The van der Waals surface area contributed by atoms with Crippen LogP contribution in [0.3, 0.4) is 0 Å². The van der Waals surface area contributed by atoms with Gasteiger partial charge in [-0.15, -0.1) is 24.5 Å². The molecule has 7 rings (SSSR count). The first-order valence-electron chi connectivity index (χ1n) is 17.3. The number of anilines is 1. The molecule has 5 heterocycles. The first-order chi connectivity index (χ1) is 25.9. The van der Waals surface area contributed by atoms with Crippen molar-refractivity contribution >= 4 is 55.8 Å². The lowest BCUT2D eigenvalue weighted by molar-refractivity contribution is -0.354. The largest absolute Gasteiger partial charge is 0.522 e. The van der Waals surface area contributed by atoms with Gasteiger partial charge in [0.05, 0.1) is 45.5 Å². The minimum absolute atomic E-state index is 0.0113. The molecule has 2 fully saturated rings. The fraction of sp³-hybridized carbons (Fsp3) is 0.368. The molecule has 1 saturated carbocycles. The Hall–Kier alpha value is -5.06. The Balaban J connectivity index is 1.14. The summed E-state index contributed by atoms with van der Waals surface area (Å²) in [6.45, 7) is 5.51. The van der Waals surface area contributed by atoms with Gasteiger partial charge in [-0.2, -0.15) is 5.26 Å². The molecular weight excluding hydrogens is 743 g/mol. The van der Waals surface area contributed by atoms with Gasteiger partial charge in [-0.05, 0) is 63.8 Å². The molecule has 0 bridgehead atoms. The number of fused-ring (bicyclic) bond motifs is 2. The summed E-state index contributed by atoms with van der Waals surface area (Å²) in [5.74, 6) is 5.95. The number of aromatic carboxylic acids is 1. The third-order valence-corrected chi connectivity index (χ3v) is 11.4. The molecule has 1 saturated heterocycles. The summed E-state index contributed by atoms with van der Waals surface area (Å²) in [5, 5.41) is 22.2. The third kappa shape index (κ3) is 7.24. The number of carboxylic acid groups (broad SMARTS) is 1. The van der Waals surface area contributed by atoms with E-state index < -0.39 is 24.0 Å². The van der Waals surface area contributed by atoms with Gasteiger partial charge in [-0.25, -0.2) is 14.8 Å². The van der Waals surface area contributed by atoms with Gasteiger partial charge in [-0.1, -0.05) is 23.4 Å². The van der Waals surface area contributed by atoms with Crippen molar-refractivity contribution in [1.82, 2.24) is 24.4 Å². The number of rotatable bonds is 8. The maximum absolute atomic E-state index is 14.1. The lowest BCUT2D eigenvalue weighted by Gasteiger charge is -2.47. The minimum Gasteiger partial charge on any atom is -0.478 e. The zero-order valence-corrected chi connectivity index (χ0v) is 30.7. The number of carboxylic acids is 1. The number of hydrogen-bond donors (Lipinski definition) is 1. The summed E-state index contributed by atoms with van der Waals surface area (Å²) < 4.78 is 44.1. The number of piperidine rings is 1. The number of likely N-dealkylation sites (tertiary alicyclic amines) is 1. The number of benzene rings is 1. The Morgan fingerprint density at radius 3 is 2.63 bits per heavy atom. The molecule has 278 valence electrons. The maximum Gasteiger partial charge on any atom is 0.522 e. The van der Waals surface area contributed by atoms with Crippen LogP contribution in [0.25, 0.3) is 32.2 Å². The Kier molecular flexibility index (Phi) is 10.3. The van der Waals surface area contributed by atoms with E-state index in [1.807, 2.05) is 11.8 Å². The van der Waals surface area contributed by atoms with Crippen molar-refractivity contribution in [2.75, 3.05) is 24.5 Å². The van der Waals surface area contributed by atoms with Crippen LogP contribution in [0.2, 0.25) is 5.02 Å². The Labute approximate surface area is 316 Å². The number of hydrogen-bond acceptors (Lipinski definition) is 10. The fourth-order valence-electron chi connectivity index (χ4n) is 7.44. The van der Waals surface area contributed by atoms with E-state index in [0.717, 1.165) is 18.4 Å². The van der Waals surface area contributed by atoms with Crippen LogP contribution in [-0.2, 0) is 11.3 Å². The molecule has 1 N–H and O–H groups in total. The van der Waals surface area contributed by atoms with Crippen LogP contribution in [-0.4, -0.2) is 79.7 Å². The van der Waals surface area contributed by atoms with Crippen LogP contribution < -0.4 is 10.5 Å². The molecule has 0 spiro atoms. The van der Waals surface area contributed by atoms with E-state index in [2.05, 4.69) is 42.5 Å². The molecule has 1 aliphatic carbocycles. The number of nitrogens with zero attached hydrogens (tertiary/aromatic N) is 7. The molecule has 5 aromatic rings. The quantitative estimate of drug-likeness (QED) is 0.164. The number of alkyl halides is 3. The van der Waals surface area contributed by atoms with E-state index in [4.69, 9.17) is 11.6 Å². The normalized spacial score (nSPS) is 17.9. The summed E-state index contributed by atoms with van der Waals surface area (Å²) >= 11 is 7.66. The zero-order chi connectivity index (χ0) is 38.3. The Morgan fingerprint density at radius 2 is 1.94 bits per heavy atom. The van der Waals surface area contributed by atoms with Crippen molar-refractivity contribution in [3.05, 3.63) is 79.9 Å². The van der Waals surface area contributed by atoms with Crippen molar-refractivity contribution in [2.24, 2.45) is 0 Å².